The first-order valence-electron chi connectivity index (χ1n) is 16.3. The Morgan fingerprint density at radius 1 is 0.333 bits per heavy atom. The van der Waals surface area contributed by atoms with Gasteiger partial charge in [-0.2, -0.15) is 0 Å². The van der Waals surface area contributed by atoms with Gasteiger partial charge in [-0.05, 0) is 93.0 Å². The first kappa shape index (κ1) is 27.9. The summed E-state index contributed by atoms with van der Waals surface area (Å²) < 4.78 is 6.18. The Kier molecular flexibility index (Phi) is 6.84. The van der Waals surface area contributed by atoms with E-state index in [1.54, 1.807) is 0 Å². The van der Waals surface area contributed by atoms with Crippen molar-refractivity contribution >= 4 is 49.6 Å². The molecule has 0 unspecified atom stereocenters. The van der Waals surface area contributed by atoms with E-state index in [0.717, 1.165) is 50.5 Å². The molecule has 0 atom stereocenters. The Bertz CT molecular complexity index is 2520. The number of hydrogen-bond donors (Lipinski definition) is 0. The van der Waals surface area contributed by atoms with E-state index in [4.69, 9.17) is 4.42 Å². The summed E-state index contributed by atoms with van der Waals surface area (Å²) in [5.74, 6) is 0.879. The van der Waals surface area contributed by atoms with Gasteiger partial charge in [-0.3, -0.25) is 0 Å². The molecule has 0 saturated carbocycles. The Hall–Kier alpha value is -6.38. The van der Waals surface area contributed by atoms with Crippen molar-refractivity contribution in [2.45, 2.75) is 0 Å². The summed E-state index contributed by atoms with van der Waals surface area (Å²) in [6, 6.07) is 67.0. The second-order valence-corrected chi connectivity index (χ2v) is 12.2. The summed E-state index contributed by atoms with van der Waals surface area (Å²) in [5, 5.41) is 6.04. The first-order chi connectivity index (χ1) is 23.8. The second-order valence-electron chi connectivity index (χ2n) is 12.2. The Morgan fingerprint density at radius 2 is 0.896 bits per heavy atom. The zero-order chi connectivity index (χ0) is 31.9. The van der Waals surface area contributed by atoms with Crippen molar-refractivity contribution in [1.29, 1.82) is 0 Å². The third-order valence-electron chi connectivity index (χ3n) is 9.25. The number of hydrogen-bond acceptors (Lipinski definition) is 2. The summed E-state index contributed by atoms with van der Waals surface area (Å²) in [6.45, 7) is 0. The lowest BCUT2D eigenvalue weighted by atomic mass is 10.00. The first-order valence-corrected chi connectivity index (χ1v) is 16.3. The average Bonchev–Trinajstić information content (AvgIpc) is 3.60. The van der Waals surface area contributed by atoms with Gasteiger partial charge in [0.2, 0.25) is 0 Å². The van der Waals surface area contributed by atoms with Gasteiger partial charge in [-0.25, -0.2) is 0 Å². The van der Waals surface area contributed by atoms with E-state index < -0.39 is 0 Å². The molecule has 0 aliphatic carbocycles. The molecular weight excluding hydrogens is 583 g/mol. The molecule has 9 aromatic rings. The SMILES string of the molecule is c1cc(-c2ccc(N(c3ccc(-c4ccc5ccccc5c4)cc3)c3cccc4ccccc34)cc2)cc(-c2cc3ccccc3o2)c1. The molecule has 0 spiro atoms. The van der Waals surface area contributed by atoms with Crippen LogP contribution in [0.2, 0.25) is 0 Å². The maximum Gasteiger partial charge on any atom is 0.135 e. The molecule has 8 aromatic carbocycles. The lowest BCUT2D eigenvalue weighted by Crippen LogP contribution is -2.10. The van der Waals surface area contributed by atoms with Crippen LogP contribution in [-0.2, 0) is 0 Å². The van der Waals surface area contributed by atoms with E-state index in [2.05, 4.69) is 175 Å². The smallest absolute Gasteiger partial charge is 0.135 e. The lowest BCUT2D eigenvalue weighted by Gasteiger charge is -2.27. The molecule has 0 bridgehead atoms. The topological polar surface area (TPSA) is 16.4 Å². The second kappa shape index (κ2) is 11.8. The van der Waals surface area contributed by atoms with E-state index in [-0.39, 0.29) is 0 Å². The molecule has 2 heteroatoms. The molecule has 226 valence electrons. The number of para-hydroxylation sites is 1. The van der Waals surface area contributed by atoms with Crippen LogP contribution in [0.5, 0.6) is 0 Å². The maximum atomic E-state index is 6.18. The third kappa shape index (κ3) is 5.10. The van der Waals surface area contributed by atoms with Crippen LogP contribution in [-0.4, -0.2) is 0 Å². The number of rotatable bonds is 6. The van der Waals surface area contributed by atoms with Crippen LogP contribution in [0.3, 0.4) is 0 Å². The van der Waals surface area contributed by atoms with Gasteiger partial charge < -0.3 is 9.32 Å². The van der Waals surface area contributed by atoms with Gasteiger partial charge in [0.1, 0.15) is 11.3 Å². The molecule has 0 aliphatic rings. The van der Waals surface area contributed by atoms with E-state index in [9.17, 15) is 0 Å². The summed E-state index contributed by atoms with van der Waals surface area (Å²) in [6.07, 6.45) is 0. The molecule has 48 heavy (non-hydrogen) atoms. The van der Waals surface area contributed by atoms with Gasteiger partial charge >= 0.3 is 0 Å². The van der Waals surface area contributed by atoms with Crippen molar-refractivity contribution in [1.82, 2.24) is 0 Å². The van der Waals surface area contributed by atoms with Gasteiger partial charge in [-0.15, -0.1) is 0 Å². The van der Waals surface area contributed by atoms with Gasteiger partial charge in [0, 0.05) is 27.7 Å². The molecule has 2 nitrogen and oxygen atoms in total. The van der Waals surface area contributed by atoms with Crippen LogP contribution < -0.4 is 4.90 Å². The van der Waals surface area contributed by atoms with E-state index in [1.165, 1.54) is 32.7 Å². The van der Waals surface area contributed by atoms with Gasteiger partial charge in [-0.1, -0.05) is 133 Å². The van der Waals surface area contributed by atoms with Crippen molar-refractivity contribution in [3.63, 3.8) is 0 Å². The summed E-state index contributed by atoms with van der Waals surface area (Å²) in [7, 11) is 0. The Balaban J connectivity index is 1.10. The highest BCUT2D eigenvalue weighted by molar-refractivity contribution is 5.99. The minimum atomic E-state index is 0.879. The number of anilines is 3. The van der Waals surface area contributed by atoms with Gasteiger partial charge in [0.25, 0.3) is 0 Å². The van der Waals surface area contributed by atoms with Crippen LogP contribution in [0.1, 0.15) is 0 Å². The number of fused-ring (bicyclic) bond motifs is 3. The van der Waals surface area contributed by atoms with Crippen molar-refractivity contribution in [3.05, 3.63) is 188 Å². The average molecular weight is 614 g/mol. The highest BCUT2D eigenvalue weighted by Crippen LogP contribution is 2.40. The van der Waals surface area contributed by atoms with Crippen molar-refractivity contribution in [3.8, 4) is 33.6 Å². The summed E-state index contributed by atoms with van der Waals surface area (Å²) in [4.78, 5) is 2.36. The number of furan rings is 1. The fourth-order valence-electron chi connectivity index (χ4n) is 6.78. The van der Waals surface area contributed by atoms with E-state index in [0.29, 0.717) is 0 Å². The molecule has 0 N–H and O–H groups in total. The molecule has 0 amide bonds. The van der Waals surface area contributed by atoms with Crippen molar-refractivity contribution < 1.29 is 4.42 Å². The zero-order valence-corrected chi connectivity index (χ0v) is 26.3. The monoisotopic (exact) mass is 613 g/mol. The summed E-state index contributed by atoms with van der Waals surface area (Å²) in [5.41, 5.74) is 10.0. The van der Waals surface area contributed by atoms with Crippen molar-refractivity contribution in [2.24, 2.45) is 0 Å². The molecule has 1 aromatic heterocycles. The molecule has 9 rings (SSSR count). The van der Waals surface area contributed by atoms with E-state index >= 15 is 0 Å². The Morgan fingerprint density at radius 3 is 1.65 bits per heavy atom. The fourth-order valence-corrected chi connectivity index (χ4v) is 6.78. The predicted octanol–water partition coefficient (Wildman–Crippen LogP) is 13.2. The molecule has 0 fully saturated rings. The van der Waals surface area contributed by atoms with Crippen LogP contribution in [0.25, 0.3) is 66.1 Å². The standard InChI is InChI=1S/C46H31NO/c1-2-11-36-29-38(20-19-32(36)9-1)34-23-27-42(28-24-34)47(44-17-8-13-35-10-3-5-16-43(35)44)41-25-21-33(22-26-41)37-14-7-15-39(30-37)46-31-40-12-4-6-18-45(40)48-46/h1-31H. The molecule has 0 radical (unpaired) electrons. The molecule has 0 saturated heterocycles. The van der Waals surface area contributed by atoms with Crippen LogP contribution in [0.4, 0.5) is 17.1 Å². The summed E-state index contributed by atoms with van der Waals surface area (Å²) >= 11 is 0. The van der Waals surface area contributed by atoms with Crippen LogP contribution >= 0.6 is 0 Å². The van der Waals surface area contributed by atoms with Crippen LogP contribution in [0.15, 0.2) is 192 Å². The predicted molar refractivity (Wildman–Crippen MR) is 202 cm³/mol. The maximum absolute atomic E-state index is 6.18. The quantitative estimate of drug-likeness (QED) is 0.185. The van der Waals surface area contributed by atoms with Gasteiger partial charge in [0.05, 0.1) is 5.69 Å². The molecule has 1 heterocycles. The minimum absolute atomic E-state index is 0.879. The Labute approximate surface area is 279 Å². The molecular formula is C46H31NO. The van der Waals surface area contributed by atoms with E-state index in [1.807, 2.05) is 18.2 Å². The highest BCUT2D eigenvalue weighted by atomic mass is 16.3. The highest BCUT2D eigenvalue weighted by Gasteiger charge is 2.16. The largest absolute Gasteiger partial charge is 0.456 e. The minimum Gasteiger partial charge on any atom is -0.456 e. The molecule has 0 aliphatic heterocycles. The number of nitrogens with zero attached hydrogens (tertiary/aromatic N) is 1. The van der Waals surface area contributed by atoms with Crippen LogP contribution in [0, 0.1) is 0 Å². The van der Waals surface area contributed by atoms with Crippen molar-refractivity contribution in [2.75, 3.05) is 4.90 Å². The normalized spacial score (nSPS) is 11.3. The van der Waals surface area contributed by atoms with Gasteiger partial charge in [0.15, 0.2) is 0 Å². The number of benzene rings is 8. The zero-order valence-electron chi connectivity index (χ0n) is 26.3. The fraction of sp³-hybridized carbons (Fsp3) is 0. The third-order valence-corrected chi connectivity index (χ3v) is 9.25. The lowest BCUT2D eigenvalue weighted by molar-refractivity contribution is 0.631.